The molecule has 1 saturated heterocycles. The molecule has 0 bridgehead atoms. The van der Waals surface area contributed by atoms with E-state index in [1.54, 1.807) is 16.8 Å². The average molecular weight is 360 g/mol. The zero-order valence-electron chi connectivity index (χ0n) is 13.6. The summed E-state index contributed by atoms with van der Waals surface area (Å²) in [5.74, 6) is -0.249. The molecule has 0 unspecified atom stereocenters. The molecule has 0 spiro atoms. The van der Waals surface area contributed by atoms with Crippen LogP contribution in [0.4, 0.5) is 4.39 Å². The van der Waals surface area contributed by atoms with Crippen LogP contribution in [0.1, 0.15) is 11.7 Å². The third-order valence-electron chi connectivity index (χ3n) is 4.22. The van der Waals surface area contributed by atoms with Crippen molar-refractivity contribution in [1.82, 2.24) is 15.1 Å². The first-order valence-electron chi connectivity index (χ1n) is 8.03. The van der Waals surface area contributed by atoms with Crippen LogP contribution < -0.4 is 5.32 Å². The monoisotopic (exact) mass is 359 g/mol. The fraction of sp³-hybridized carbons (Fsp3) is 0.211. The molecule has 0 saturated carbocycles. The van der Waals surface area contributed by atoms with Gasteiger partial charge in [0, 0.05) is 24.8 Å². The first kappa shape index (κ1) is 17.6. The van der Waals surface area contributed by atoms with Crippen LogP contribution in [0.3, 0.4) is 0 Å². The number of benzene rings is 2. The number of nitrogens with zero attached hydrogens (tertiary/aromatic N) is 2. The molecule has 0 amide bonds. The van der Waals surface area contributed by atoms with Crippen molar-refractivity contribution >= 4 is 12.4 Å². The minimum Gasteiger partial charge on any atom is -0.371 e. The van der Waals surface area contributed by atoms with Crippen LogP contribution in [0.5, 0.6) is 0 Å². The Balaban J connectivity index is 0.00000182. The van der Waals surface area contributed by atoms with Gasteiger partial charge in [-0.1, -0.05) is 24.3 Å². The lowest BCUT2D eigenvalue weighted by Gasteiger charge is -2.24. The lowest BCUT2D eigenvalue weighted by molar-refractivity contribution is 0.0277. The zero-order chi connectivity index (χ0) is 16.4. The van der Waals surface area contributed by atoms with Gasteiger partial charge in [-0.3, -0.25) is 0 Å². The Morgan fingerprint density at radius 1 is 1.04 bits per heavy atom. The van der Waals surface area contributed by atoms with E-state index in [-0.39, 0.29) is 24.3 Å². The molecular formula is C19H19ClFN3O. The van der Waals surface area contributed by atoms with Crippen LogP contribution in [0.25, 0.3) is 16.8 Å². The number of rotatable bonds is 3. The first-order valence-corrected chi connectivity index (χ1v) is 8.03. The Labute approximate surface area is 152 Å². The van der Waals surface area contributed by atoms with Crippen LogP contribution in [-0.2, 0) is 4.74 Å². The SMILES string of the molecule is Cl.Fc1ccc(-n2cc(-c3ccc([C@@H]4CNCCO4)cc3)cn2)cc1. The first-order chi connectivity index (χ1) is 11.8. The highest BCUT2D eigenvalue weighted by Crippen LogP contribution is 2.24. The van der Waals surface area contributed by atoms with Crippen molar-refractivity contribution in [2.24, 2.45) is 0 Å². The van der Waals surface area contributed by atoms with E-state index in [9.17, 15) is 4.39 Å². The van der Waals surface area contributed by atoms with Crippen molar-refractivity contribution in [3.05, 3.63) is 72.3 Å². The highest BCUT2D eigenvalue weighted by molar-refractivity contribution is 5.85. The second kappa shape index (κ2) is 7.78. The molecule has 130 valence electrons. The van der Waals surface area contributed by atoms with E-state index in [2.05, 4.69) is 34.7 Å². The van der Waals surface area contributed by atoms with Gasteiger partial charge in [0.05, 0.1) is 24.6 Å². The zero-order valence-corrected chi connectivity index (χ0v) is 14.4. The van der Waals surface area contributed by atoms with Crippen molar-refractivity contribution in [1.29, 1.82) is 0 Å². The van der Waals surface area contributed by atoms with Gasteiger partial charge >= 0.3 is 0 Å². The van der Waals surface area contributed by atoms with E-state index >= 15 is 0 Å². The molecule has 4 rings (SSSR count). The highest BCUT2D eigenvalue weighted by Gasteiger charge is 2.15. The number of nitrogens with one attached hydrogen (secondary N) is 1. The lowest BCUT2D eigenvalue weighted by Crippen LogP contribution is -2.33. The molecule has 0 aliphatic carbocycles. The number of ether oxygens (including phenoxy) is 1. The second-order valence-electron chi connectivity index (χ2n) is 5.84. The van der Waals surface area contributed by atoms with Gasteiger partial charge in [-0.25, -0.2) is 9.07 Å². The molecule has 1 aliphatic heterocycles. The Kier molecular flexibility index (Phi) is 5.48. The molecular weight excluding hydrogens is 341 g/mol. The summed E-state index contributed by atoms with van der Waals surface area (Å²) in [7, 11) is 0. The fourth-order valence-corrected chi connectivity index (χ4v) is 2.88. The molecule has 1 aliphatic rings. The third-order valence-corrected chi connectivity index (χ3v) is 4.22. The Hall–Kier alpha value is -2.21. The Bertz CT molecular complexity index is 811. The molecule has 4 nitrogen and oxygen atoms in total. The molecule has 2 heterocycles. The molecule has 0 radical (unpaired) electrons. The molecule has 25 heavy (non-hydrogen) atoms. The normalized spacial score (nSPS) is 17.1. The van der Waals surface area contributed by atoms with Crippen molar-refractivity contribution in [3.8, 4) is 16.8 Å². The Morgan fingerprint density at radius 2 is 1.80 bits per heavy atom. The van der Waals surface area contributed by atoms with E-state index < -0.39 is 0 Å². The van der Waals surface area contributed by atoms with Crippen LogP contribution in [0.2, 0.25) is 0 Å². The number of hydrogen-bond donors (Lipinski definition) is 1. The summed E-state index contributed by atoms with van der Waals surface area (Å²) in [4.78, 5) is 0. The van der Waals surface area contributed by atoms with Gasteiger partial charge in [0.15, 0.2) is 0 Å². The topological polar surface area (TPSA) is 39.1 Å². The maximum absolute atomic E-state index is 13.0. The molecule has 2 aromatic carbocycles. The molecule has 6 heteroatoms. The molecule has 1 N–H and O–H groups in total. The van der Waals surface area contributed by atoms with Crippen molar-refractivity contribution in [2.75, 3.05) is 19.7 Å². The maximum atomic E-state index is 13.0. The van der Waals surface area contributed by atoms with Gasteiger partial charge in [0.1, 0.15) is 5.82 Å². The van der Waals surface area contributed by atoms with E-state index in [1.807, 2.05) is 12.4 Å². The number of halogens is 2. The van der Waals surface area contributed by atoms with Gasteiger partial charge < -0.3 is 10.1 Å². The minimum atomic E-state index is -0.249. The van der Waals surface area contributed by atoms with Crippen molar-refractivity contribution < 1.29 is 9.13 Å². The summed E-state index contributed by atoms with van der Waals surface area (Å²) in [6.45, 7) is 2.51. The quantitative estimate of drug-likeness (QED) is 0.774. The predicted octanol–water partition coefficient (Wildman–Crippen LogP) is 3.76. The number of aromatic nitrogens is 2. The van der Waals surface area contributed by atoms with Crippen LogP contribution >= 0.6 is 12.4 Å². The summed E-state index contributed by atoms with van der Waals surface area (Å²) in [5.41, 5.74) is 4.13. The minimum absolute atomic E-state index is 0. The van der Waals surface area contributed by atoms with Gasteiger partial charge in [0.25, 0.3) is 0 Å². The molecule has 1 atom stereocenters. The van der Waals surface area contributed by atoms with Crippen molar-refractivity contribution in [3.63, 3.8) is 0 Å². The smallest absolute Gasteiger partial charge is 0.123 e. The third kappa shape index (κ3) is 3.90. The highest BCUT2D eigenvalue weighted by atomic mass is 35.5. The summed E-state index contributed by atoms with van der Waals surface area (Å²) in [6, 6.07) is 14.7. The van der Waals surface area contributed by atoms with Gasteiger partial charge in [-0.05, 0) is 35.4 Å². The molecule has 1 aromatic heterocycles. The summed E-state index contributed by atoms with van der Waals surface area (Å²) < 4.78 is 20.5. The largest absolute Gasteiger partial charge is 0.371 e. The Morgan fingerprint density at radius 3 is 2.48 bits per heavy atom. The van der Waals surface area contributed by atoms with E-state index in [1.165, 1.54) is 17.7 Å². The lowest BCUT2D eigenvalue weighted by atomic mass is 10.0. The maximum Gasteiger partial charge on any atom is 0.123 e. The van der Waals surface area contributed by atoms with Crippen molar-refractivity contribution in [2.45, 2.75) is 6.10 Å². The van der Waals surface area contributed by atoms with Crippen LogP contribution in [-0.4, -0.2) is 29.5 Å². The standard InChI is InChI=1S/C19H18FN3O.ClH/c20-17-5-7-18(8-6-17)23-13-16(11-22-23)14-1-3-15(4-2-14)19-12-21-9-10-24-19;/h1-8,11,13,19,21H,9-10,12H2;1H/t19-;/m0./s1. The number of morpholine rings is 1. The van der Waals surface area contributed by atoms with Crippen LogP contribution in [0, 0.1) is 5.82 Å². The van der Waals surface area contributed by atoms with E-state index in [0.29, 0.717) is 0 Å². The van der Waals surface area contributed by atoms with Gasteiger partial charge in [0.2, 0.25) is 0 Å². The van der Waals surface area contributed by atoms with Gasteiger partial charge in [-0.15, -0.1) is 12.4 Å². The average Bonchev–Trinajstić information content (AvgIpc) is 3.13. The number of hydrogen-bond acceptors (Lipinski definition) is 3. The summed E-state index contributed by atoms with van der Waals surface area (Å²) >= 11 is 0. The predicted molar refractivity (Wildman–Crippen MR) is 97.8 cm³/mol. The van der Waals surface area contributed by atoms with Crippen LogP contribution in [0.15, 0.2) is 60.9 Å². The molecule has 3 aromatic rings. The molecule has 1 fully saturated rings. The second-order valence-corrected chi connectivity index (χ2v) is 5.84. The van der Waals surface area contributed by atoms with E-state index in [4.69, 9.17) is 4.74 Å². The summed E-state index contributed by atoms with van der Waals surface area (Å²) in [5, 5.41) is 7.70. The van der Waals surface area contributed by atoms with Gasteiger partial charge in [-0.2, -0.15) is 5.10 Å². The fourth-order valence-electron chi connectivity index (χ4n) is 2.88. The summed E-state index contributed by atoms with van der Waals surface area (Å²) in [6.07, 6.45) is 3.88. The van der Waals surface area contributed by atoms with E-state index in [0.717, 1.165) is 36.5 Å².